The highest BCUT2D eigenvalue weighted by atomic mass is 32.2. The first kappa shape index (κ1) is 14.6. The van der Waals surface area contributed by atoms with Crippen molar-refractivity contribution in [1.82, 2.24) is 19.5 Å². The predicted molar refractivity (Wildman–Crippen MR) is 83.6 cm³/mol. The molecule has 0 aliphatic heterocycles. The second-order valence-corrected chi connectivity index (χ2v) is 5.65. The fourth-order valence-corrected chi connectivity index (χ4v) is 2.67. The van der Waals surface area contributed by atoms with Gasteiger partial charge in [-0.15, -0.1) is 0 Å². The molecule has 0 unspecified atom stereocenters. The van der Waals surface area contributed by atoms with E-state index in [0.717, 1.165) is 5.56 Å². The number of fused-ring (bicyclic) bond motifs is 1. The number of hydrogen-bond acceptors (Lipinski definition) is 6. The second-order valence-electron chi connectivity index (χ2n) is 4.58. The summed E-state index contributed by atoms with van der Waals surface area (Å²) in [7, 11) is 0. The molecule has 0 fully saturated rings. The fourth-order valence-electron chi connectivity index (χ4n) is 2.10. The molecule has 0 spiro atoms. The molecule has 6 nitrogen and oxygen atoms in total. The van der Waals surface area contributed by atoms with Crippen LogP contribution in [0.2, 0.25) is 0 Å². The smallest absolute Gasteiger partial charge is 0.296 e. The van der Waals surface area contributed by atoms with E-state index >= 15 is 0 Å². The van der Waals surface area contributed by atoms with E-state index in [9.17, 15) is 9.50 Å². The van der Waals surface area contributed by atoms with Crippen molar-refractivity contribution < 1.29 is 9.50 Å². The van der Waals surface area contributed by atoms with E-state index in [1.165, 1.54) is 11.8 Å². The van der Waals surface area contributed by atoms with Gasteiger partial charge in [0, 0.05) is 5.75 Å². The zero-order valence-electron chi connectivity index (χ0n) is 11.6. The summed E-state index contributed by atoms with van der Waals surface area (Å²) in [6.45, 7) is -0.0622. The van der Waals surface area contributed by atoms with Gasteiger partial charge in [0.1, 0.15) is 0 Å². The van der Waals surface area contributed by atoms with Crippen molar-refractivity contribution in [1.29, 1.82) is 0 Å². The number of imidazole rings is 1. The van der Waals surface area contributed by atoms with Crippen molar-refractivity contribution in [3.05, 3.63) is 35.9 Å². The molecule has 3 N–H and O–H groups in total. The number of alkyl halides is 1. The minimum Gasteiger partial charge on any atom is -0.480 e. The number of rotatable bonds is 5. The van der Waals surface area contributed by atoms with Crippen molar-refractivity contribution >= 4 is 28.7 Å². The quantitative estimate of drug-likeness (QED) is 0.553. The Morgan fingerprint density at radius 1 is 1.18 bits per heavy atom. The zero-order valence-corrected chi connectivity index (χ0v) is 12.4. The highest BCUT2D eigenvalue weighted by Gasteiger charge is 2.16. The molecule has 114 valence electrons. The molecule has 8 heteroatoms. The standard InChI is InChI=1S/C14H14FN5OS/c15-6-7-22-13-18-11(16)10-12(19-13)20(14(21)17-10)8-9-4-2-1-3-5-9/h1-5H,6-8H2,(H,17,21)(H2,16,18,19). The van der Waals surface area contributed by atoms with Crippen LogP contribution in [-0.2, 0) is 6.54 Å². The Morgan fingerprint density at radius 2 is 1.95 bits per heavy atom. The van der Waals surface area contributed by atoms with Gasteiger partial charge in [0.25, 0.3) is 6.01 Å². The lowest BCUT2D eigenvalue weighted by molar-refractivity contribution is 0.408. The highest BCUT2D eigenvalue weighted by Crippen LogP contribution is 2.26. The molecule has 0 atom stereocenters. The van der Waals surface area contributed by atoms with Crippen LogP contribution < -0.4 is 5.73 Å². The van der Waals surface area contributed by atoms with Gasteiger partial charge in [-0.05, 0) is 5.56 Å². The van der Waals surface area contributed by atoms with Crippen LogP contribution in [0.1, 0.15) is 5.56 Å². The summed E-state index contributed by atoms with van der Waals surface area (Å²) >= 11 is 1.17. The lowest BCUT2D eigenvalue weighted by atomic mass is 10.2. The van der Waals surface area contributed by atoms with E-state index < -0.39 is 6.67 Å². The molecular formula is C14H14FN5OS. The zero-order chi connectivity index (χ0) is 15.5. The SMILES string of the molecule is Nc1nc(SCCF)nc2c1nc(O)n2Cc1ccccc1. The first-order valence-electron chi connectivity index (χ1n) is 6.64. The minimum absolute atomic E-state index is 0.174. The van der Waals surface area contributed by atoms with E-state index in [4.69, 9.17) is 5.73 Å². The van der Waals surface area contributed by atoms with Gasteiger partial charge in [-0.1, -0.05) is 42.1 Å². The Balaban J connectivity index is 2.05. The first-order valence-corrected chi connectivity index (χ1v) is 7.63. The number of aromatic nitrogens is 4. The molecule has 0 saturated heterocycles. The summed E-state index contributed by atoms with van der Waals surface area (Å²) in [5.41, 5.74) is 7.64. The molecule has 0 aliphatic carbocycles. The molecule has 3 aromatic rings. The van der Waals surface area contributed by atoms with Gasteiger partial charge >= 0.3 is 0 Å². The molecule has 0 aliphatic rings. The van der Waals surface area contributed by atoms with Crippen LogP contribution in [-0.4, -0.2) is 37.1 Å². The number of nitrogens with two attached hydrogens (primary N) is 1. The normalized spacial score (nSPS) is 11.1. The third kappa shape index (κ3) is 2.82. The van der Waals surface area contributed by atoms with Crippen LogP contribution >= 0.6 is 11.8 Å². The average Bonchev–Trinajstić information content (AvgIpc) is 2.83. The number of nitrogen functional groups attached to an aromatic ring is 1. The maximum Gasteiger partial charge on any atom is 0.296 e. The van der Waals surface area contributed by atoms with Gasteiger partial charge in [-0.25, -0.2) is 9.97 Å². The molecular weight excluding hydrogens is 305 g/mol. The van der Waals surface area contributed by atoms with Gasteiger partial charge in [-0.3, -0.25) is 8.96 Å². The fraction of sp³-hybridized carbons (Fsp3) is 0.214. The number of anilines is 1. The second kappa shape index (κ2) is 6.18. The van der Waals surface area contributed by atoms with Crippen molar-refractivity contribution in [2.45, 2.75) is 11.7 Å². The highest BCUT2D eigenvalue weighted by molar-refractivity contribution is 7.99. The number of thioether (sulfide) groups is 1. The molecule has 2 heterocycles. The average molecular weight is 319 g/mol. The molecule has 0 bridgehead atoms. The number of nitrogens with zero attached hydrogens (tertiary/aromatic N) is 4. The van der Waals surface area contributed by atoms with Crippen LogP contribution in [0.4, 0.5) is 10.2 Å². The summed E-state index contributed by atoms with van der Waals surface area (Å²) in [5.74, 6) is 0.428. The third-order valence-corrected chi connectivity index (χ3v) is 3.87. The lowest BCUT2D eigenvalue weighted by Gasteiger charge is -2.06. The maximum atomic E-state index is 12.3. The summed E-state index contributed by atoms with van der Waals surface area (Å²) in [4.78, 5) is 12.4. The molecule has 1 aromatic carbocycles. The molecule has 22 heavy (non-hydrogen) atoms. The van der Waals surface area contributed by atoms with Gasteiger partial charge in [0.2, 0.25) is 0 Å². The Kier molecular flexibility index (Phi) is 4.10. The van der Waals surface area contributed by atoms with E-state index in [1.807, 2.05) is 30.3 Å². The Labute approximate surface area is 130 Å². The maximum absolute atomic E-state index is 12.3. The Morgan fingerprint density at radius 3 is 2.68 bits per heavy atom. The number of benzene rings is 1. The molecule has 0 radical (unpaired) electrons. The van der Waals surface area contributed by atoms with Crippen LogP contribution in [0.25, 0.3) is 11.2 Å². The summed E-state index contributed by atoms with van der Waals surface area (Å²) in [6, 6.07) is 9.45. The number of hydrogen-bond donors (Lipinski definition) is 2. The molecule has 2 aromatic heterocycles. The Bertz CT molecular complexity index is 793. The van der Waals surface area contributed by atoms with E-state index in [0.29, 0.717) is 22.9 Å². The van der Waals surface area contributed by atoms with Gasteiger partial charge in [0.05, 0.1) is 13.2 Å². The van der Waals surface area contributed by atoms with Gasteiger partial charge in [-0.2, -0.15) is 4.98 Å². The third-order valence-electron chi connectivity index (χ3n) is 3.07. The predicted octanol–water partition coefficient (Wildman–Crippen LogP) is 2.22. The van der Waals surface area contributed by atoms with Crippen molar-refractivity contribution in [2.24, 2.45) is 0 Å². The van der Waals surface area contributed by atoms with Gasteiger partial charge in [0.15, 0.2) is 22.1 Å². The van der Waals surface area contributed by atoms with Crippen molar-refractivity contribution in [3.63, 3.8) is 0 Å². The molecule has 0 amide bonds. The minimum atomic E-state index is -0.472. The Hall–Kier alpha value is -2.35. The van der Waals surface area contributed by atoms with Crippen LogP contribution in [0, 0.1) is 0 Å². The van der Waals surface area contributed by atoms with Crippen LogP contribution in [0.5, 0.6) is 6.01 Å². The summed E-state index contributed by atoms with van der Waals surface area (Å²) in [6.07, 6.45) is 0. The lowest BCUT2D eigenvalue weighted by Crippen LogP contribution is -2.03. The van der Waals surface area contributed by atoms with Crippen molar-refractivity contribution in [3.8, 4) is 6.01 Å². The monoisotopic (exact) mass is 319 g/mol. The van der Waals surface area contributed by atoms with Gasteiger partial charge < -0.3 is 10.8 Å². The summed E-state index contributed by atoms with van der Waals surface area (Å²) in [5, 5.41) is 10.4. The molecule has 3 rings (SSSR count). The topological polar surface area (TPSA) is 89.8 Å². The van der Waals surface area contributed by atoms with Crippen LogP contribution in [0.15, 0.2) is 35.5 Å². The largest absolute Gasteiger partial charge is 0.480 e. The summed E-state index contributed by atoms with van der Waals surface area (Å²) < 4.78 is 13.9. The number of aromatic hydroxyl groups is 1. The molecule has 0 saturated carbocycles. The number of halogens is 1. The van der Waals surface area contributed by atoms with E-state index in [-0.39, 0.29) is 17.6 Å². The first-order chi connectivity index (χ1) is 10.7. The van der Waals surface area contributed by atoms with Crippen molar-refractivity contribution in [2.75, 3.05) is 18.2 Å². The van der Waals surface area contributed by atoms with Crippen LogP contribution in [0.3, 0.4) is 0 Å². The van der Waals surface area contributed by atoms with E-state index in [2.05, 4.69) is 15.0 Å². The van der Waals surface area contributed by atoms with E-state index in [1.54, 1.807) is 4.57 Å².